The van der Waals surface area contributed by atoms with Gasteiger partial charge in [-0.25, -0.2) is 0 Å². The predicted octanol–water partition coefficient (Wildman–Crippen LogP) is 0.721. The molecule has 0 radical (unpaired) electrons. The molecule has 1 fully saturated rings. The molecule has 12 heavy (non-hydrogen) atoms. The summed E-state index contributed by atoms with van der Waals surface area (Å²) in [6.07, 6.45) is 2.26. The van der Waals surface area contributed by atoms with Gasteiger partial charge in [-0.3, -0.25) is 11.8 Å². The zero-order valence-electron chi connectivity index (χ0n) is 7.92. The van der Waals surface area contributed by atoms with Crippen LogP contribution in [0.5, 0.6) is 0 Å². The van der Waals surface area contributed by atoms with Gasteiger partial charge in [-0.2, -0.15) is 0 Å². The van der Waals surface area contributed by atoms with E-state index in [4.69, 9.17) is 0 Å². The molecule has 1 aliphatic heterocycles. The van der Waals surface area contributed by atoms with Crippen molar-refractivity contribution in [2.45, 2.75) is 25.8 Å². The average Bonchev–Trinajstić information content (AvgIpc) is 2.03. The van der Waals surface area contributed by atoms with Crippen LogP contribution in [0.3, 0.4) is 0 Å². The maximum Gasteiger partial charge on any atom is 0.219 e. The van der Waals surface area contributed by atoms with Crippen LogP contribution in [0.2, 0.25) is 0 Å². The second kappa shape index (κ2) is 3.90. The smallest absolute Gasteiger partial charge is 0.219 e. The molecule has 1 amide bonds. The average molecular weight is 169 g/mol. The van der Waals surface area contributed by atoms with Gasteiger partial charge in [0.25, 0.3) is 0 Å². The van der Waals surface area contributed by atoms with Crippen LogP contribution in [0.4, 0.5) is 0 Å². The molecule has 0 aliphatic carbocycles. The number of nitrogens with zero attached hydrogens (tertiary/aromatic N) is 2. The molecule has 1 rings (SSSR count). The minimum Gasteiger partial charge on any atom is -0.458 e. The standard InChI is InChI=1S/C9H17N2O/c1-8(12)11(3)9-5-4-6-10(2)7-9/h9H,2,4-7H2,1,3H3/q-1. The highest BCUT2D eigenvalue weighted by Crippen LogP contribution is 2.13. The minimum atomic E-state index is 0.148. The maximum atomic E-state index is 11.0. The quantitative estimate of drug-likeness (QED) is 0.540. The van der Waals surface area contributed by atoms with E-state index in [0.29, 0.717) is 6.04 Å². The van der Waals surface area contributed by atoms with E-state index in [-0.39, 0.29) is 5.91 Å². The Balaban J connectivity index is 2.45. The number of hydrogen-bond donors (Lipinski definition) is 0. The van der Waals surface area contributed by atoms with E-state index in [1.54, 1.807) is 6.92 Å². The number of carbonyl (C=O) groups is 1. The van der Waals surface area contributed by atoms with Crippen LogP contribution in [0.1, 0.15) is 19.8 Å². The lowest BCUT2D eigenvalue weighted by molar-refractivity contribution is -0.130. The van der Waals surface area contributed by atoms with Crippen molar-refractivity contribution < 1.29 is 4.79 Å². The summed E-state index contributed by atoms with van der Waals surface area (Å²) in [6.45, 7) is 3.58. The van der Waals surface area contributed by atoms with Crippen LogP contribution in [0.25, 0.3) is 0 Å². The molecule has 0 N–H and O–H groups in total. The summed E-state index contributed by atoms with van der Waals surface area (Å²) < 4.78 is 0. The van der Waals surface area contributed by atoms with Gasteiger partial charge in [-0.1, -0.05) is 0 Å². The molecule has 3 nitrogen and oxygen atoms in total. The molecule has 0 spiro atoms. The van der Waals surface area contributed by atoms with E-state index < -0.39 is 0 Å². The Morgan fingerprint density at radius 1 is 1.67 bits per heavy atom. The van der Waals surface area contributed by atoms with Crippen molar-refractivity contribution in [3.8, 4) is 0 Å². The summed E-state index contributed by atoms with van der Waals surface area (Å²) in [7, 11) is 5.75. The summed E-state index contributed by atoms with van der Waals surface area (Å²) in [5, 5.41) is 0. The topological polar surface area (TPSA) is 23.6 Å². The van der Waals surface area contributed by atoms with Gasteiger partial charge in [0.05, 0.1) is 0 Å². The third kappa shape index (κ3) is 2.21. The minimum absolute atomic E-state index is 0.148. The molecule has 3 heteroatoms. The van der Waals surface area contributed by atoms with Gasteiger partial charge in [-0.05, 0) is 25.9 Å². The number of piperidine rings is 1. The number of hydrogen-bond acceptors (Lipinski definition) is 2. The van der Waals surface area contributed by atoms with Crippen LogP contribution in [-0.4, -0.2) is 41.9 Å². The van der Waals surface area contributed by atoms with E-state index in [2.05, 4.69) is 7.05 Å². The first-order valence-electron chi connectivity index (χ1n) is 4.40. The maximum absolute atomic E-state index is 11.0. The van der Waals surface area contributed by atoms with Crippen LogP contribution in [0.15, 0.2) is 0 Å². The molecule has 0 saturated carbocycles. The summed E-state index contributed by atoms with van der Waals surface area (Å²) in [6, 6.07) is 0.369. The van der Waals surface area contributed by atoms with Crippen molar-refractivity contribution in [2.24, 2.45) is 0 Å². The fraction of sp³-hybridized carbons (Fsp3) is 0.778. The van der Waals surface area contributed by atoms with Gasteiger partial charge < -0.3 is 9.80 Å². The highest BCUT2D eigenvalue weighted by atomic mass is 16.2. The lowest BCUT2D eigenvalue weighted by Crippen LogP contribution is -2.45. The van der Waals surface area contributed by atoms with E-state index in [9.17, 15) is 4.79 Å². The van der Waals surface area contributed by atoms with Gasteiger partial charge in [0, 0.05) is 20.0 Å². The SMILES string of the molecule is [CH2-]N1CCCC(N(C)C(C)=O)C1. The lowest BCUT2D eigenvalue weighted by atomic mass is 10.1. The molecule has 0 aromatic heterocycles. The van der Waals surface area contributed by atoms with E-state index in [1.165, 1.54) is 0 Å². The van der Waals surface area contributed by atoms with Crippen LogP contribution in [0, 0.1) is 7.05 Å². The van der Waals surface area contributed by atoms with Crippen molar-refractivity contribution in [3.05, 3.63) is 7.05 Å². The summed E-state index contributed by atoms with van der Waals surface area (Å²) in [5.74, 6) is 0.148. The normalized spacial score (nSPS) is 25.4. The second-order valence-corrected chi connectivity index (χ2v) is 3.50. The Morgan fingerprint density at radius 3 is 2.83 bits per heavy atom. The van der Waals surface area contributed by atoms with Crippen molar-refractivity contribution in [1.82, 2.24) is 9.80 Å². The number of carbonyl (C=O) groups excluding carboxylic acids is 1. The lowest BCUT2D eigenvalue weighted by Gasteiger charge is -2.39. The number of amides is 1. The largest absolute Gasteiger partial charge is 0.458 e. The van der Waals surface area contributed by atoms with Crippen LogP contribution >= 0.6 is 0 Å². The first kappa shape index (κ1) is 9.52. The van der Waals surface area contributed by atoms with Crippen molar-refractivity contribution >= 4 is 5.91 Å². The first-order valence-corrected chi connectivity index (χ1v) is 4.40. The van der Waals surface area contributed by atoms with Gasteiger partial charge in [-0.15, -0.1) is 0 Å². The summed E-state index contributed by atoms with van der Waals surface area (Å²) in [4.78, 5) is 14.9. The van der Waals surface area contributed by atoms with Crippen LogP contribution < -0.4 is 0 Å². The first-order chi connectivity index (χ1) is 5.61. The predicted molar refractivity (Wildman–Crippen MR) is 48.4 cm³/mol. The number of likely N-dealkylation sites (N-methyl/N-ethyl adjacent to an activating group) is 1. The fourth-order valence-corrected chi connectivity index (χ4v) is 1.60. The van der Waals surface area contributed by atoms with Crippen molar-refractivity contribution in [1.29, 1.82) is 0 Å². The monoisotopic (exact) mass is 169 g/mol. The molecule has 1 aliphatic rings. The Bertz CT molecular complexity index is 170. The van der Waals surface area contributed by atoms with E-state index >= 15 is 0 Å². The molecule has 1 saturated heterocycles. The zero-order chi connectivity index (χ0) is 9.14. The van der Waals surface area contributed by atoms with Gasteiger partial charge in [0.2, 0.25) is 5.91 Å². The molecule has 0 aromatic rings. The van der Waals surface area contributed by atoms with Crippen molar-refractivity contribution in [3.63, 3.8) is 0 Å². The summed E-state index contributed by atoms with van der Waals surface area (Å²) in [5.41, 5.74) is 0. The van der Waals surface area contributed by atoms with Gasteiger partial charge in [0.1, 0.15) is 0 Å². The second-order valence-electron chi connectivity index (χ2n) is 3.50. The van der Waals surface area contributed by atoms with Gasteiger partial charge >= 0.3 is 0 Å². The Hall–Kier alpha value is -0.570. The van der Waals surface area contributed by atoms with E-state index in [0.717, 1.165) is 25.9 Å². The van der Waals surface area contributed by atoms with Crippen LogP contribution in [-0.2, 0) is 4.79 Å². The molecule has 1 heterocycles. The molecule has 1 unspecified atom stereocenters. The summed E-state index contributed by atoms with van der Waals surface area (Å²) >= 11 is 0. The highest BCUT2D eigenvalue weighted by Gasteiger charge is 2.19. The Labute approximate surface area is 74.3 Å². The number of rotatable bonds is 1. The fourth-order valence-electron chi connectivity index (χ4n) is 1.60. The molecule has 70 valence electrons. The molecule has 0 aromatic carbocycles. The Morgan fingerprint density at radius 2 is 2.33 bits per heavy atom. The molecule has 0 bridgehead atoms. The highest BCUT2D eigenvalue weighted by molar-refractivity contribution is 5.73. The Kier molecular flexibility index (Phi) is 3.09. The van der Waals surface area contributed by atoms with Gasteiger partial charge in [0.15, 0.2) is 0 Å². The van der Waals surface area contributed by atoms with E-state index in [1.807, 2.05) is 16.8 Å². The number of likely N-dealkylation sites (tertiary alicyclic amines) is 1. The third-order valence-electron chi connectivity index (χ3n) is 2.53. The molecular formula is C9H17N2O-. The molecular weight excluding hydrogens is 152 g/mol. The zero-order valence-corrected chi connectivity index (χ0v) is 7.92. The molecule has 1 atom stereocenters. The third-order valence-corrected chi connectivity index (χ3v) is 2.53. The van der Waals surface area contributed by atoms with Crippen molar-refractivity contribution in [2.75, 3.05) is 20.1 Å².